The van der Waals surface area contributed by atoms with E-state index in [1.54, 1.807) is 0 Å². The molecule has 0 aromatic rings. The Morgan fingerprint density at radius 3 is 2.19 bits per heavy atom. The lowest BCUT2D eigenvalue weighted by atomic mass is 10.0. The van der Waals surface area contributed by atoms with Crippen molar-refractivity contribution < 1.29 is 14.2 Å². The molecule has 0 aromatic carbocycles. The molecule has 0 atom stereocenters. The maximum Gasteiger partial charge on any atom is 0.0651 e. The van der Waals surface area contributed by atoms with Gasteiger partial charge in [-0.3, -0.25) is 4.90 Å². The second kappa shape index (κ2) is 8.47. The highest BCUT2D eigenvalue weighted by molar-refractivity contribution is 4.75. The van der Waals surface area contributed by atoms with Crippen molar-refractivity contribution in [3.8, 4) is 0 Å². The van der Waals surface area contributed by atoms with Gasteiger partial charge in [-0.2, -0.15) is 0 Å². The molecule has 1 saturated heterocycles. The van der Waals surface area contributed by atoms with E-state index in [1.165, 1.54) is 0 Å². The Bertz CT molecular complexity index is 284. The minimum atomic E-state index is -0.117. The molecule has 4 heteroatoms. The molecule has 0 N–H and O–H groups in total. The van der Waals surface area contributed by atoms with Crippen molar-refractivity contribution >= 4 is 0 Å². The molecule has 0 aromatic heterocycles. The van der Waals surface area contributed by atoms with Gasteiger partial charge in [-0.25, -0.2) is 0 Å². The van der Waals surface area contributed by atoms with Crippen LogP contribution in [0.3, 0.4) is 0 Å². The average Bonchev–Trinajstić information content (AvgIpc) is 2.35. The number of hydrogen-bond donors (Lipinski definition) is 0. The van der Waals surface area contributed by atoms with Crippen LogP contribution in [0.15, 0.2) is 0 Å². The lowest BCUT2D eigenvalue weighted by molar-refractivity contribution is -0.0950. The van der Waals surface area contributed by atoms with Gasteiger partial charge in [0.15, 0.2) is 0 Å². The predicted octanol–water partition coefficient (Wildman–Crippen LogP) is 3.10. The van der Waals surface area contributed by atoms with Gasteiger partial charge in [0.1, 0.15) is 0 Å². The lowest BCUT2D eigenvalue weighted by Gasteiger charge is -2.33. The fraction of sp³-hybridized carbons (Fsp3) is 1.00. The number of morpholine rings is 1. The van der Waals surface area contributed by atoms with Gasteiger partial charge in [0.05, 0.1) is 37.1 Å². The van der Waals surface area contributed by atoms with Crippen molar-refractivity contribution in [3.63, 3.8) is 0 Å². The first kappa shape index (κ1) is 18.9. The van der Waals surface area contributed by atoms with Gasteiger partial charge in [-0.1, -0.05) is 0 Å². The van der Waals surface area contributed by atoms with E-state index < -0.39 is 0 Å². The fourth-order valence-corrected chi connectivity index (χ4v) is 2.59. The Hall–Kier alpha value is -0.160. The Labute approximate surface area is 131 Å². The monoisotopic (exact) mass is 301 g/mol. The van der Waals surface area contributed by atoms with E-state index in [4.69, 9.17) is 14.2 Å². The largest absolute Gasteiger partial charge is 0.379 e. The predicted molar refractivity (Wildman–Crippen MR) is 86.8 cm³/mol. The molecule has 0 saturated carbocycles. The molecule has 0 aliphatic carbocycles. The minimum absolute atomic E-state index is 0.0772. The second-order valence-corrected chi connectivity index (χ2v) is 7.49. The van der Waals surface area contributed by atoms with Gasteiger partial charge < -0.3 is 14.2 Å². The quantitative estimate of drug-likeness (QED) is 0.655. The SMILES string of the molecule is CC(C)OC(C)(C)CCOC(C)(C)CCN1CCOCC1. The summed E-state index contributed by atoms with van der Waals surface area (Å²) in [6.07, 6.45) is 2.24. The summed E-state index contributed by atoms with van der Waals surface area (Å²) in [5.41, 5.74) is -0.194. The molecule has 1 rings (SSSR count). The van der Waals surface area contributed by atoms with Gasteiger partial charge in [-0.05, 0) is 54.4 Å². The van der Waals surface area contributed by atoms with E-state index in [-0.39, 0.29) is 17.3 Å². The maximum absolute atomic E-state index is 6.10. The first-order valence-corrected chi connectivity index (χ1v) is 8.32. The third-order valence-electron chi connectivity index (χ3n) is 3.89. The molecule has 1 aliphatic rings. The minimum Gasteiger partial charge on any atom is -0.379 e. The van der Waals surface area contributed by atoms with Gasteiger partial charge in [0.2, 0.25) is 0 Å². The summed E-state index contributed by atoms with van der Waals surface area (Å²) in [6.45, 7) is 18.4. The summed E-state index contributed by atoms with van der Waals surface area (Å²) in [5.74, 6) is 0. The van der Waals surface area contributed by atoms with E-state index in [0.717, 1.165) is 52.3 Å². The summed E-state index contributed by atoms with van der Waals surface area (Å²) in [5, 5.41) is 0. The molecule has 0 radical (unpaired) electrons. The van der Waals surface area contributed by atoms with Crippen LogP contribution in [-0.2, 0) is 14.2 Å². The molecule has 4 nitrogen and oxygen atoms in total. The first-order chi connectivity index (χ1) is 9.70. The van der Waals surface area contributed by atoms with Crippen molar-refractivity contribution in [2.75, 3.05) is 39.5 Å². The van der Waals surface area contributed by atoms with Crippen molar-refractivity contribution in [1.82, 2.24) is 4.90 Å². The first-order valence-electron chi connectivity index (χ1n) is 8.32. The second-order valence-electron chi connectivity index (χ2n) is 7.49. The van der Waals surface area contributed by atoms with E-state index in [0.29, 0.717) is 0 Å². The van der Waals surface area contributed by atoms with Crippen molar-refractivity contribution in [3.05, 3.63) is 0 Å². The standard InChI is InChI=1S/C17H35NO3/c1-15(2)21-17(5,6)8-12-20-16(3,4)7-9-18-10-13-19-14-11-18/h15H,7-14H2,1-6H3. The number of nitrogens with zero attached hydrogens (tertiary/aromatic N) is 1. The van der Waals surface area contributed by atoms with Crippen LogP contribution in [0.2, 0.25) is 0 Å². The normalized spacial score (nSPS) is 18.4. The van der Waals surface area contributed by atoms with Crippen molar-refractivity contribution in [2.24, 2.45) is 0 Å². The van der Waals surface area contributed by atoms with Crippen LogP contribution in [-0.4, -0.2) is 61.7 Å². The van der Waals surface area contributed by atoms with E-state index >= 15 is 0 Å². The van der Waals surface area contributed by atoms with Crippen molar-refractivity contribution in [2.45, 2.75) is 71.7 Å². The zero-order chi connectivity index (χ0) is 15.9. The topological polar surface area (TPSA) is 30.9 Å². The summed E-state index contributed by atoms with van der Waals surface area (Å²) in [4.78, 5) is 2.46. The Morgan fingerprint density at radius 2 is 1.62 bits per heavy atom. The van der Waals surface area contributed by atoms with Crippen LogP contribution >= 0.6 is 0 Å². The molecule has 126 valence electrons. The highest BCUT2D eigenvalue weighted by Gasteiger charge is 2.24. The molecule has 21 heavy (non-hydrogen) atoms. The van der Waals surface area contributed by atoms with Crippen LogP contribution in [0.4, 0.5) is 0 Å². The zero-order valence-electron chi connectivity index (χ0n) is 14.9. The van der Waals surface area contributed by atoms with Crippen LogP contribution in [0, 0.1) is 0 Å². The van der Waals surface area contributed by atoms with Crippen LogP contribution in [0.25, 0.3) is 0 Å². The van der Waals surface area contributed by atoms with Crippen LogP contribution in [0.1, 0.15) is 54.4 Å². The molecular weight excluding hydrogens is 266 g/mol. The summed E-state index contributed by atoms with van der Waals surface area (Å²) in [6, 6.07) is 0. The number of ether oxygens (including phenoxy) is 3. The molecular formula is C17H35NO3. The molecule has 1 fully saturated rings. The summed E-state index contributed by atoms with van der Waals surface area (Å²) >= 11 is 0. The van der Waals surface area contributed by atoms with E-state index in [9.17, 15) is 0 Å². The van der Waals surface area contributed by atoms with Gasteiger partial charge >= 0.3 is 0 Å². The smallest absolute Gasteiger partial charge is 0.0651 e. The molecule has 0 amide bonds. The average molecular weight is 301 g/mol. The van der Waals surface area contributed by atoms with Gasteiger partial charge in [0.25, 0.3) is 0 Å². The fourth-order valence-electron chi connectivity index (χ4n) is 2.59. The summed E-state index contributed by atoms with van der Waals surface area (Å²) < 4.78 is 17.4. The molecule has 0 spiro atoms. The Kier molecular flexibility index (Phi) is 7.62. The van der Waals surface area contributed by atoms with Crippen LogP contribution in [0.5, 0.6) is 0 Å². The highest BCUT2D eigenvalue weighted by atomic mass is 16.5. The summed E-state index contributed by atoms with van der Waals surface area (Å²) in [7, 11) is 0. The van der Waals surface area contributed by atoms with E-state index in [1.807, 2.05) is 0 Å². The maximum atomic E-state index is 6.10. The highest BCUT2D eigenvalue weighted by Crippen LogP contribution is 2.21. The van der Waals surface area contributed by atoms with Crippen molar-refractivity contribution in [1.29, 1.82) is 0 Å². The third-order valence-corrected chi connectivity index (χ3v) is 3.89. The van der Waals surface area contributed by atoms with E-state index in [2.05, 4.69) is 46.4 Å². The van der Waals surface area contributed by atoms with Crippen LogP contribution < -0.4 is 0 Å². The Balaban J connectivity index is 2.22. The lowest BCUT2D eigenvalue weighted by Crippen LogP contribution is -2.40. The Morgan fingerprint density at radius 1 is 1.00 bits per heavy atom. The van der Waals surface area contributed by atoms with Gasteiger partial charge in [-0.15, -0.1) is 0 Å². The number of hydrogen-bond acceptors (Lipinski definition) is 4. The molecule has 0 bridgehead atoms. The number of rotatable bonds is 9. The molecule has 1 heterocycles. The zero-order valence-corrected chi connectivity index (χ0v) is 14.9. The molecule has 0 unspecified atom stereocenters. The van der Waals surface area contributed by atoms with Gasteiger partial charge in [0, 0.05) is 19.6 Å². The third kappa shape index (κ3) is 8.77. The molecule has 1 aliphatic heterocycles.